The topological polar surface area (TPSA) is 52.5 Å². The van der Waals surface area contributed by atoms with E-state index in [-0.39, 0.29) is 5.82 Å². The lowest BCUT2D eigenvalue weighted by molar-refractivity contribution is 0.628. The highest BCUT2D eigenvalue weighted by molar-refractivity contribution is 5.62. The number of hydrogen-bond donors (Lipinski definition) is 1. The number of aromatic amines is 1. The number of nitrogens with zero attached hydrogens (tertiary/aromatic N) is 2. The van der Waals surface area contributed by atoms with Gasteiger partial charge in [0.2, 0.25) is 0 Å². The zero-order chi connectivity index (χ0) is 13.3. The van der Waals surface area contributed by atoms with Crippen LogP contribution in [-0.4, -0.2) is 9.97 Å². The van der Waals surface area contributed by atoms with Gasteiger partial charge in [0.25, 0.3) is 0 Å². The molecular weight excluding hydrogens is 229 g/mol. The van der Waals surface area contributed by atoms with Crippen LogP contribution in [0, 0.1) is 24.1 Å². The lowest BCUT2D eigenvalue weighted by Gasteiger charge is -2.10. The molecule has 0 amide bonds. The minimum absolute atomic E-state index is 0.312. The Morgan fingerprint density at radius 1 is 1.33 bits per heavy atom. The Bertz CT molecular complexity index is 620. The molecular formula is C14H14FN3. The van der Waals surface area contributed by atoms with Crippen LogP contribution in [-0.2, 0) is 5.41 Å². The van der Waals surface area contributed by atoms with Crippen LogP contribution >= 0.6 is 0 Å². The predicted molar refractivity (Wildman–Crippen MR) is 67.4 cm³/mol. The molecule has 0 aliphatic rings. The van der Waals surface area contributed by atoms with Gasteiger partial charge in [0.1, 0.15) is 17.1 Å². The van der Waals surface area contributed by atoms with Crippen molar-refractivity contribution in [3.8, 4) is 17.3 Å². The van der Waals surface area contributed by atoms with Gasteiger partial charge in [-0.1, -0.05) is 12.1 Å². The smallest absolute Gasteiger partial charge is 0.132 e. The van der Waals surface area contributed by atoms with E-state index < -0.39 is 5.41 Å². The molecule has 18 heavy (non-hydrogen) atoms. The summed E-state index contributed by atoms with van der Waals surface area (Å²) in [6.45, 7) is 5.37. The summed E-state index contributed by atoms with van der Waals surface area (Å²) in [6.07, 6.45) is 0. The molecule has 1 aromatic heterocycles. The molecule has 1 N–H and O–H groups in total. The van der Waals surface area contributed by atoms with E-state index in [4.69, 9.17) is 5.26 Å². The van der Waals surface area contributed by atoms with Crippen LogP contribution in [0.4, 0.5) is 4.39 Å². The first kappa shape index (κ1) is 12.3. The van der Waals surface area contributed by atoms with Crippen LogP contribution in [0.25, 0.3) is 11.3 Å². The molecule has 0 bridgehead atoms. The summed E-state index contributed by atoms with van der Waals surface area (Å²) in [5.74, 6) is 0.245. The molecule has 0 fully saturated rings. The normalized spacial score (nSPS) is 11.3. The average Bonchev–Trinajstić information content (AvgIpc) is 2.73. The van der Waals surface area contributed by atoms with E-state index in [1.807, 2.05) is 6.92 Å². The Morgan fingerprint density at radius 3 is 2.61 bits per heavy atom. The fraction of sp³-hybridized carbons (Fsp3) is 0.286. The van der Waals surface area contributed by atoms with Gasteiger partial charge in [-0.05, 0) is 32.9 Å². The van der Waals surface area contributed by atoms with E-state index in [9.17, 15) is 4.39 Å². The molecule has 0 spiro atoms. The fourth-order valence-electron chi connectivity index (χ4n) is 1.72. The highest BCUT2D eigenvalue weighted by Crippen LogP contribution is 2.28. The van der Waals surface area contributed by atoms with Crippen LogP contribution in [0.1, 0.15) is 25.4 Å². The van der Waals surface area contributed by atoms with Crippen LogP contribution in [0.3, 0.4) is 0 Å². The van der Waals surface area contributed by atoms with E-state index in [0.29, 0.717) is 17.1 Å². The number of imidazole rings is 1. The molecule has 92 valence electrons. The highest BCUT2D eigenvalue weighted by atomic mass is 19.1. The zero-order valence-corrected chi connectivity index (χ0v) is 10.6. The largest absolute Gasteiger partial charge is 0.344 e. The predicted octanol–water partition coefficient (Wildman–Crippen LogP) is 3.33. The Morgan fingerprint density at radius 2 is 2.00 bits per heavy atom. The number of H-pyrrole nitrogens is 1. The third kappa shape index (κ3) is 2.00. The second-order valence-corrected chi connectivity index (χ2v) is 4.78. The van der Waals surface area contributed by atoms with E-state index in [2.05, 4.69) is 16.0 Å². The molecule has 0 radical (unpaired) electrons. The maximum absolute atomic E-state index is 13.7. The van der Waals surface area contributed by atoms with Crippen molar-refractivity contribution in [1.82, 2.24) is 9.97 Å². The molecule has 0 saturated carbocycles. The molecule has 0 aliphatic carbocycles. The number of nitrogens with one attached hydrogen (secondary N) is 1. The van der Waals surface area contributed by atoms with Crippen molar-refractivity contribution < 1.29 is 4.39 Å². The standard InChI is InChI=1S/C14H14FN3/c1-9-12(10-6-4-5-7-11(10)15)18-13(17-9)14(2,3)8-16/h4-7H,1-3H3,(H,17,18). The molecule has 0 saturated heterocycles. The molecule has 3 nitrogen and oxygen atoms in total. The van der Waals surface area contributed by atoms with E-state index in [1.165, 1.54) is 6.07 Å². The summed E-state index contributed by atoms with van der Waals surface area (Å²) >= 11 is 0. The first-order chi connectivity index (χ1) is 8.45. The van der Waals surface area contributed by atoms with Crippen LogP contribution < -0.4 is 0 Å². The summed E-state index contributed by atoms with van der Waals surface area (Å²) in [4.78, 5) is 7.43. The second kappa shape index (κ2) is 4.26. The lowest BCUT2D eigenvalue weighted by atomic mass is 9.95. The van der Waals surface area contributed by atoms with E-state index >= 15 is 0 Å². The summed E-state index contributed by atoms with van der Waals surface area (Å²) < 4.78 is 13.7. The number of nitriles is 1. The number of benzene rings is 1. The van der Waals surface area contributed by atoms with Crippen molar-refractivity contribution in [3.05, 3.63) is 41.6 Å². The Hall–Kier alpha value is -2.15. The van der Waals surface area contributed by atoms with Crippen LogP contribution in [0.2, 0.25) is 0 Å². The van der Waals surface area contributed by atoms with Gasteiger partial charge in [-0.15, -0.1) is 0 Å². The first-order valence-corrected chi connectivity index (χ1v) is 5.69. The van der Waals surface area contributed by atoms with Crippen molar-refractivity contribution in [3.63, 3.8) is 0 Å². The molecule has 0 atom stereocenters. The quantitative estimate of drug-likeness (QED) is 0.879. The molecule has 0 aliphatic heterocycles. The summed E-state index contributed by atoms with van der Waals surface area (Å²) in [7, 11) is 0. The molecule has 0 unspecified atom stereocenters. The Kier molecular flexibility index (Phi) is 2.92. The van der Waals surface area contributed by atoms with Gasteiger partial charge in [-0.3, -0.25) is 0 Å². The van der Waals surface area contributed by atoms with E-state index in [1.54, 1.807) is 32.0 Å². The number of rotatable bonds is 2. The Balaban J connectivity index is 2.56. The third-order valence-electron chi connectivity index (χ3n) is 2.89. The highest BCUT2D eigenvalue weighted by Gasteiger charge is 2.25. The fourth-order valence-corrected chi connectivity index (χ4v) is 1.72. The molecule has 1 aromatic carbocycles. The molecule has 2 rings (SSSR count). The van der Waals surface area contributed by atoms with Gasteiger partial charge >= 0.3 is 0 Å². The number of hydrogen-bond acceptors (Lipinski definition) is 2. The average molecular weight is 243 g/mol. The molecule has 4 heteroatoms. The number of aryl methyl sites for hydroxylation is 1. The first-order valence-electron chi connectivity index (χ1n) is 5.69. The number of halogens is 1. The third-order valence-corrected chi connectivity index (χ3v) is 2.89. The zero-order valence-electron chi connectivity index (χ0n) is 10.6. The van der Waals surface area contributed by atoms with Crippen molar-refractivity contribution in [2.75, 3.05) is 0 Å². The second-order valence-electron chi connectivity index (χ2n) is 4.78. The summed E-state index contributed by atoms with van der Waals surface area (Å²) in [5.41, 5.74) is 1.06. The van der Waals surface area contributed by atoms with Crippen molar-refractivity contribution in [2.24, 2.45) is 0 Å². The van der Waals surface area contributed by atoms with Crippen LogP contribution in [0.5, 0.6) is 0 Å². The number of aromatic nitrogens is 2. The van der Waals surface area contributed by atoms with Gasteiger partial charge in [0.05, 0.1) is 11.8 Å². The van der Waals surface area contributed by atoms with Crippen LogP contribution in [0.15, 0.2) is 24.3 Å². The Labute approximate surface area is 105 Å². The lowest BCUT2D eigenvalue weighted by Crippen LogP contribution is -2.15. The van der Waals surface area contributed by atoms with E-state index in [0.717, 1.165) is 5.69 Å². The monoisotopic (exact) mass is 243 g/mol. The summed E-state index contributed by atoms with van der Waals surface area (Å²) in [6, 6.07) is 8.67. The van der Waals surface area contributed by atoms with Crippen molar-refractivity contribution in [1.29, 1.82) is 5.26 Å². The van der Waals surface area contributed by atoms with Gasteiger partial charge in [-0.2, -0.15) is 5.26 Å². The van der Waals surface area contributed by atoms with Gasteiger partial charge in [0, 0.05) is 11.3 Å². The van der Waals surface area contributed by atoms with Gasteiger partial charge in [-0.25, -0.2) is 9.37 Å². The van der Waals surface area contributed by atoms with Gasteiger partial charge < -0.3 is 4.98 Å². The molecule has 2 aromatic rings. The maximum atomic E-state index is 13.7. The SMILES string of the molecule is Cc1[nH]c(C(C)(C)C#N)nc1-c1ccccc1F. The summed E-state index contributed by atoms with van der Waals surface area (Å²) in [5, 5.41) is 9.09. The minimum Gasteiger partial charge on any atom is -0.344 e. The van der Waals surface area contributed by atoms with Crippen molar-refractivity contribution in [2.45, 2.75) is 26.2 Å². The van der Waals surface area contributed by atoms with Gasteiger partial charge in [0.15, 0.2) is 0 Å². The molecule has 1 heterocycles. The minimum atomic E-state index is -0.714. The maximum Gasteiger partial charge on any atom is 0.132 e. The van der Waals surface area contributed by atoms with Crippen molar-refractivity contribution >= 4 is 0 Å².